The van der Waals surface area contributed by atoms with Crippen molar-refractivity contribution in [2.24, 2.45) is 0 Å². The van der Waals surface area contributed by atoms with Gasteiger partial charge in [0.2, 0.25) is 0 Å². The van der Waals surface area contributed by atoms with Gasteiger partial charge in [0.25, 0.3) is 5.91 Å². The van der Waals surface area contributed by atoms with E-state index in [0.29, 0.717) is 22.1 Å². The number of alkyl halides is 3. The van der Waals surface area contributed by atoms with Crippen LogP contribution in [0.2, 0.25) is 5.02 Å². The number of para-hydroxylation sites is 2. The average molecular weight is 479 g/mol. The van der Waals surface area contributed by atoms with Gasteiger partial charge in [-0.3, -0.25) is 4.79 Å². The summed E-state index contributed by atoms with van der Waals surface area (Å²) in [6.07, 6.45) is -4.80. The molecular weight excluding hydrogens is 461 g/mol. The summed E-state index contributed by atoms with van der Waals surface area (Å²) in [5.74, 6) is -0.610. The van der Waals surface area contributed by atoms with E-state index in [1.54, 1.807) is 36.4 Å². The molecule has 0 aliphatic carbocycles. The first kappa shape index (κ1) is 22.8. The SMILES string of the molecule is O=C(Nc1ccc(OC(F)(F)F)cc1)c1cccc2c1OC[C@H](CO)N2c1ccccc1Cl. The van der Waals surface area contributed by atoms with E-state index in [1.807, 2.05) is 11.0 Å². The molecule has 0 saturated carbocycles. The van der Waals surface area contributed by atoms with Gasteiger partial charge in [0.05, 0.1) is 34.6 Å². The lowest BCUT2D eigenvalue weighted by Crippen LogP contribution is -2.43. The summed E-state index contributed by atoms with van der Waals surface area (Å²) >= 11 is 6.38. The second-order valence-corrected chi connectivity index (χ2v) is 7.56. The van der Waals surface area contributed by atoms with Crippen LogP contribution in [0, 0.1) is 0 Å². The highest BCUT2D eigenvalue weighted by Crippen LogP contribution is 2.43. The number of benzene rings is 3. The molecule has 3 aromatic carbocycles. The van der Waals surface area contributed by atoms with Crippen LogP contribution in [0.5, 0.6) is 11.5 Å². The first-order valence-corrected chi connectivity index (χ1v) is 10.2. The number of ether oxygens (including phenoxy) is 2. The number of hydrogen-bond donors (Lipinski definition) is 2. The normalized spacial score (nSPS) is 15.4. The molecule has 4 rings (SSSR count). The smallest absolute Gasteiger partial charge is 0.488 e. The van der Waals surface area contributed by atoms with Gasteiger partial charge in [0, 0.05) is 5.69 Å². The number of hydrogen-bond acceptors (Lipinski definition) is 5. The Balaban J connectivity index is 1.62. The van der Waals surface area contributed by atoms with Crippen LogP contribution in [0.15, 0.2) is 66.7 Å². The van der Waals surface area contributed by atoms with Crippen molar-refractivity contribution in [2.75, 3.05) is 23.4 Å². The molecule has 0 spiro atoms. The van der Waals surface area contributed by atoms with Crippen LogP contribution in [-0.2, 0) is 0 Å². The predicted molar refractivity (Wildman–Crippen MR) is 117 cm³/mol. The Hall–Kier alpha value is -3.43. The van der Waals surface area contributed by atoms with Gasteiger partial charge < -0.3 is 24.8 Å². The number of rotatable bonds is 5. The van der Waals surface area contributed by atoms with E-state index in [0.717, 1.165) is 12.1 Å². The molecule has 0 radical (unpaired) electrons. The zero-order valence-corrected chi connectivity index (χ0v) is 17.7. The van der Waals surface area contributed by atoms with E-state index < -0.39 is 24.1 Å². The van der Waals surface area contributed by atoms with Crippen LogP contribution in [0.3, 0.4) is 0 Å². The lowest BCUT2D eigenvalue weighted by molar-refractivity contribution is -0.274. The van der Waals surface area contributed by atoms with E-state index in [-0.39, 0.29) is 24.5 Å². The number of anilines is 3. The van der Waals surface area contributed by atoms with Gasteiger partial charge in [0.1, 0.15) is 12.4 Å². The molecule has 0 fully saturated rings. The highest BCUT2D eigenvalue weighted by molar-refractivity contribution is 6.33. The third-order valence-corrected chi connectivity index (χ3v) is 5.27. The van der Waals surface area contributed by atoms with Gasteiger partial charge in [-0.1, -0.05) is 29.8 Å². The lowest BCUT2D eigenvalue weighted by Gasteiger charge is -2.38. The number of nitrogens with one attached hydrogen (secondary N) is 1. The monoisotopic (exact) mass is 478 g/mol. The molecule has 3 aromatic rings. The molecule has 6 nitrogen and oxygen atoms in total. The van der Waals surface area contributed by atoms with E-state index in [9.17, 15) is 23.1 Å². The first-order chi connectivity index (χ1) is 15.8. The topological polar surface area (TPSA) is 71.0 Å². The molecule has 0 saturated heterocycles. The van der Waals surface area contributed by atoms with Gasteiger partial charge in [-0.2, -0.15) is 0 Å². The Bertz CT molecular complexity index is 1160. The number of fused-ring (bicyclic) bond motifs is 1. The third-order valence-electron chi connectivity index (χ3n) is 4.95. The minimum atomic E-state index is -4.80. The summed E-state index contributed by atoms with van der Waals surface area (Å²) in [4.78, 5) is 14.8. The Morgan fingerprint density at radius 1 is 1.09 bits per heavy atom. The number of nitrogens with zero attached hydrogens (tertiary/aromatic N) is 1. The largest absolute Gasteiger partial charge is 0.573 e. The molecule has 33 heavy (non-hydrogen) atoms. The predicted octanol–water partition coefficient (Wildman–Crippen LogP) is 5.38. The second-order valence-electron chi connectivity index (χ2n) is 7.15. The standard InChI is InChI=1S/C23H18ClF3N2O4/c24-18-5-1-2-6-19(18)29-15(12-30)13-32-21-17(4-3-7-20(21)29)22(31)28-14-8-10-16(11-9-14)33-23(25,26)27/h1-11,15,30H,12-13H2,(H,28,31)/t15-/m0/s1. The molecule has 10 heteroatoms. The Kier molecular flexibility index (Phi) is 6.35. The summed E-state index contributed by atoms with van der Waals surface area (Å²) < 4.78 is 46.7. The minimum absolute atomic E-state index is 0.114. The second kappa shape index (κ2) is 9.21. The fraction of sp³-hybridized carbons (Fsp3) is 0.174. The molecular formula is C23H18ClF3N2O4. The van der Waals surface area contributed by atoms with Crippen molar-refractivity contribution in [3.8, 4) is 11.5 Å². The van der Waals surface area contributed by atoms with E-state index in [4.69, 9.17) is 16.3 Å². The maximum atomic E-state index is 13.0. The average Bonchev–Trinajstić information content (AvgIpc) is 2.78. The third kappa shape index (κ3) is 4.99. The number of aliphatic hydroxyl groups is 1. The van der Waals surface area contributed by atoms with Crippen LogP contribution in [0.4, 0.5) is 30.2 Å². The number of carbonyl (C=O) groups is 1. The van der Waals surface area contributed by atoms with Crippen molar-refractivity contribution < 1.29 is 32.5 Å². The molecule has 1 atom stereocenters. The van der Waals surface area contributed by atoms with E-state index in [2.05, 4.69) is 10.1 Å². The van der Waals surface area contributed by atoms with Crippen LogP contribution in [0.1, 0.15) is 10.4 Å². The molecule has 1 aliphatic heterocycles. The summed E-state index contributed by atoms with van der Waals surface area (Å²) in [7, 11) is 0. The Morgan fingerprint density at radius 3 is 2.45 bits per heavy atom. The quantitative estimate of drug-likeness (QED) is 0.515. The van der Waals surface area contributed by atoms with Crippen molar-refractivity contribution in [1.29, 1.82) is 0 Å². The van der Waals surface area contributed by atoms with Gasteiger partial charge in [-0.05, 0) is 48.5 Å². The van der Waals surface area contributed by atoms with E-state index in [1.165, 1.54) is 12.1 Å². The van der Waals surface area contributed by atoms with Crippen LogP contribution < -0.4 is 19.7 Å². The van der Waals surface area contributed by atoms with Crippen molar-refractivity contribution in [2.45, 2.75) is 12.4 Å². The van der Waals surface area contributed by atoms with Crippen molar-refractivity contribution in [3.05, 3.63) is 77.3 Å². The first-order valence-electron chi connectivity index (χ1n) is 9.84. The molecule has 0 aromatic heterocycles. The maximum Gasteiger partial charge on any atom is 0.573 e. The van der Waals surface area contributed by atoms with Crippen LogP contribution in [0.25, 0.3) is 0 Å². The van der Waals surface area contributed by atoms with Gasteiger partial charge in [-0.15, -0.1) is 13.2 Å². The van der Waals surface area contributed by atoms with Crippen molar-refractivity contribution in [3.63, 3.8) is 0 Å². The summed E-state index contributed by atoms with van der Waals surface area (Å²) in [6.45, 7) is -0.0874. The molecule has 1 amide bonds. The van der Waals surface area contributed by atoms with Crippen LogP contribution >= 0.6 is 11.6 Å². The Morgan fingerprint density at radius 2 is 1.79 bits per heavy atom. The fourth-order valence-electron chi connectivity index (χ4n) is 3.54. The molecule has 2 N–H and O–H groups in total. The number of halogens is 4. The Labute approximate surface area is 192 Å². The van der Waals surface area contributed by atoms with Crippen molar-refractivity contribution in [1.82, 2.24) is 0 Å². The number of amides is 1. The fourth-order valence-corrected chi connectivity index (χ4v) is 3.77. The molecule has 0 bridgehead atoms. The number of aliphatic hydroxyl groups excluding tert-OH is 1. The summed E-state index contributed by atoms with van der Waals surface area (Å²) in [5.41, 5.74) is 1.70. The lowest BCUT2D eigenvalue weighted by atomic mass is 10.1. The number of carbonyl (C=O) groups excluding carboxylic acids is 1. The van der Waals surface area contributed by atoms with Crippen molar-refractivity contribution >= 4 is 34.6 Å². The van der Waals surface area contributed by atoms with Gasteiger partial charge >= 0.3 is 6.36 Å². The molecule has 0 unspecified atom stereocenters. The zero-order valence-electron chi connectivity index (χ0n) is 17.0. The molecule has 1 aliphatic rings. The summed E-state index contributed by atoms with van der Waals surface area (Å²) in [5, 5.41) is 13.0. The van der Waals surface area contributed by atoms with E-state index >= 15 is 0 Å². The molecule has 172 valence electrons. The molecule has 1 heterocycles. The highest BCUT2D eigenvalue weighted by atomic mass is 35.5. The van der Waals surface area contributed by atoms with Gasteiger partial charge in [0.15, 0.2) is 5.75 Å². The van der Waals surface area contributed by atoms with Crippen LogP contribution in [-0.4, -0.2) is 36.6 Å². The minimum Gasteiger partial charge on any atom is -0.488 e. The summed E-state index contributed by atoms with van der Waals surface area (Å²) in [6, 6.07) is 16.5. The highest BCUT2D eigenvalue weighted by Gasteiger charge is 2.33. The van der Waals surface area contributed by atoms with Gasteiger partial charge in [-0.25, -0.2) is 0 Å². The maximum absolute atomic E-state index is 13.0. The zero-order chi connectivity index (χ0) is 23.6.